The highest BCUT2D eigenvalue weighted by atomic mass is 127. The molecule has 0 saturated heterocycles. The van der Waals surface area contributed by atoms with Gasteiger partial charge in [0.2, 0.25) is 5.89 Å². The van der Waals surface area contributed by atoms with Crippen molar-refractivity contribution in [1.29, 1.82) is 0 Å². The molecule has 0 spiro atoms. The first-order valence-electron chi connectivity index (χ1n) is 8.92. The molecule has 1 aliphatic rings. The lowest BCUT2D eigenvalue weighted by Crippen LogP contribution is -2.40. The van der Waals surface area contributed by atoms with Crippen LogP contribution < -0.4 is 5.32 Å². The average molecular weight is 464 g/mol. The Morgan fingerprint density at radius 1 is 1.44 bits per heavy atom. The standard InChI is InChI=1S/C18H32N4O2.HI/c1-6-19-17(22(5)9-10-23-13-14-7-8-14)21-12-16-20-11-15(24-16)18(2,3)4;/h11,14H,6-10,12-13H2,1-5H3,(H,19,21);1H. The maximum Gasteiger partial charge on any atom is 0.216 e. The molecular formula is C18H33IN4O2. The lowest BCUT2D eigenvalue weighted by molar-refractivity contribution is 0.115. The number of nitrogens with zero attached hydrogens (tertiary/aromatic N) is 3. The summed E-state index contributed by atoms with van der Waals surface area (Å²) >= 11 is 0. The van der Waals surface area contributed by atoms with Gasteiger partial charge in [-0.1, -0.05) is 20.8 Å². The molecule has 7 heteroatoms. The molecule has 1 fully saturated rings. The normalized spacial score (nSPS) is 15.0. The van der Waals surface area contributed by atoms with Crippen LogP contribution in [0.3, 0.4) is 0 Å². The Morgan fingerprint density at radius 2 is 2.16 bits per heavy atom. The molecule has 0 aromatic carbocycles. The summed E-state index contributed by atoms with van der Waals surface area (Å²) in [5.41, 5.74) is -0.0326. The molecule has 1 heterocycles. The van der Waals surface area contributed by atoms with E-state index in [-0.39, 0.29) is 29.4 Å². The van der Waals surface area contributed by atoms with Crippen molar-refractivity contribution in [3.63, 3.8) is 0 Å². The minimum Gasteiger partial charge on any atom is -0.443 e. The van der Waals surface area contributed by atoms with E-state index >= 15 is 0 Å². The number of oxazole rings is 1. The van der Waals surface area contributed by atoms with Crippen molar-refractivity contribution >= 4 is 29.9 Å². The maximum absolute atomic E-state index is 5.80. The molecule has 25 heavy (non-hydrogen) atoms. The molecule has 0 unspecified atom stereocenters. The van der Waals surface area contributed by atoms with Gasteiger partial charge in [0.05, 0.1) is 12.8 Å². The summed E-state index contributed by atoms with van der Waals surface area (Å²) in [4.78, 5) is 11.0. The van der Waals surface area contributed by atoms with Gasteiger partial charge in [0, 0.05) is 32.2 Å². The molecule has 1 N–H and O–H groups in total. The maximum atomic E-state index is 5.80. The van der Waals surface area contributed by atoms with Gasteiger partial charge in [-0.2, -0.15) is 0 Å². The van der Waals surface area contributed by atoms with Crippen molar-refractivity contribution in [2.45, 2.75) is 52.5 Å². The van der Waals surface area contributed by atoms with E-state index in [4.69, 9.17) is 9.15 Å². The number of halogens is 1. The van der Waals surface area contributed by atoms with Gasteiger partial charge in [-0.05, 0) is 25.7 Å². The van der Waals surface area contributed by atoms with Crippen molar-refractivity contribution in [2.75, 3.05) is 33.4 Å². The lowest BCUT2D eigenvalue weighted by Gasteiger charge is -2.21. The molecular weight excluding hydrogens is 431 g/mol. The number of aliphatic imine (C=N–C) groups is 1. The number of rotatable bonds is 8. The quantitative estimate of drug-likeness (QED) is 0.277. The Bertz CT molecular complexity index is 535. The first-order valence-corrected chi connectivity index (χ1v) is 8.92. The van der Waals surface area contributed by atoms with E-state index in [1.54, 1.807) is 6.20 Å². The van der Waals surface area contributed by atoms with Gasteiger partial charge in [-0.25, -0.2) is 9.98 Å². The predicted octanol–water partition coefficient (Wildman–Crippen LogP) is 3.41. The third-order valence-corrected chi connectivity index (χ3v) is 3.97. The van der Waals surface area contributed by atoms with Gasteiger partial charge in [0.1, 0.15) is 12.3 Å². The molecule has 6 nitrogen and oxygen atoms in total. The number of ether oxygens (including phenoxy) is 1. The smallest absolute Gasteiger partial charge is 0.216 e. The van der Waals surface area contributed by atoms with Gasteiger partial charge >= 0.3 is 0 Å². The van der Waals surface area contributed by atoms with Crippen molar-refractivity contribution in [3.8, 4) is 0 Å². The van der Waals surface area contributed by atoms with E-state index in [0.717, 1.165) is 43.9 Å². The number of guanidine groups is 1. The second-order valence-electron chi connectivity index (χ2n) is 7.48. The van der Waals surface area contributed by atoms with Crippen molar-refractivity contribution in [1.82, 2.24) is 15.2 Å². The third-order valence-electron chi connectivity index (χ3n) is 3.97. The minimum atomic E-state index is -0.0326. The summed E-state index contributed by atoms with van der Waals surface area (Å²) in [7, 11) is 2.03. The number of nitrogens with one attached hydrogen (secondary N) is 1. The monoisotopic (exact) mass is 464 g/mol. The highest BCUT2D eigenvalue weighted by molar-refractivity contribution is 14.0. The summed E-state index contributed by atoms with van der Waals surface area (Å²) in [6.07, 6.45) is 4.45. The fourth-order valence-corrected chi connectivity index (χ4v) is 2.18. The van der Waals surface area contributed by atoms with E-state index in [9.17, 15) is 0 Å². The molecule has 144 valence electrons. The highest BCUT2D eigenvalue weighted by Crippen LogP contribution is 2.28. The molecule has 0 radical (unpaired) electrons. The van der Waals surface area contributed by atoms with Crippen LogP contribution in [0.15, 0.2) is 15.6 Å². The van der Waals surface area contributed by atoms with Crippen LogP contribution in [0.5, 0.6) is 0 Å². The second kappa shape index (κ2) is 10.4. The third kappa shape index (κ3) is 7.94. The van der Waals surface area contributed by atoms with E-state index in [1.165, 1.54) is 12.8 Å². The van der Waals surface area contributed by atoms with Gasteiger partial charge in [0.15, 0.2) is 5.96 Å². The summed E-state index contributed by atoms with van der Waals surface area (Å²) in [6, 6.07) is 0. The largest absolute Gasteiger partial charge is 0.443 e. The molecule has 2 rings (SSSR count). The predicted molar refractivity (Wildman–Crippen MR) is 112 cm³/mol. The number of hydrogen-bond donors (Lipinski definition) is 1. The fraction of sp³-hybridized carbons (Fsp3) is 0.778. The SMILES string of the molecule is CCNC(=NCc1ncc(C(C)(C)C)o1)N(C)CCOCC1CC1.I. The van der Waals surface area contributed by atoms with Gasteiger partial charge in [-0.3, -0.25) is 0 Å². The summed E-state index contributed by atoms with van der Waals surface area (Å²) in [5.74, 6) is 3.19. The van der Waals surface area contributed by atoms with Crippen LogP contribution in [0.2, 0.25) is 0 Å². The van der Waals surface area contributed by atoms with Crippen LogP contribution >= 0.6 is 24.0 Å². The molecule has 0 amide bonds. The zero-order valence-corrected chi connectivity index (χ0v) is 18.5. The Kier molecular flexibility index (Phi) is 9.20. The first-order chi connectivity index (χ1) is 11.4. The van der Waals surface area contributed by atoms with Gasteiger partial charge < -0.3 is 19.4 Å². The number of aromatic nitrogens is 1. The molecule has 1 saturated carbocycles. The van der Waals surface area contributed by atoms with E-state index in [2.05, 4.69) is 47.9 Å². The van der Waals surface area contributed by atoms with Crippen molar-refractivity contribution < 1.29 is 9.15 Å². The van der Waals surface area contributed by atoms with Crippen LogP contribution in [0.25, 0.3) is 0 Å². The Morgan fingerprint density at radius 3 is 2.72 bits per heavy atom. The average Bonchev–Trinajstić information content (AvgIpc) is 3.21. The molecule has 0 bridgehead atoms. The van der Waals surface area contributed by atoms with Crippen LogP contribution in [0.4, 0.5) is 0 Å². The van der Waals surface area contributed by atoms with Gasteiger partial charge in [0.25, 0.3) is 0 Å². The molecule has 1 aliphatic carbocycles. The van der Waals surface area contributed by atoms with E-state index in [0.29, 0.717) is 12.4 Å². The van der Waals surface area contributed by atoms with E-state index in [1.807, 2.05) is 7.05 Å². The first kappa shape index (κ1) is 22.2. The Hall–Kier alpha value is -0.830. The van der Waals surface area contributed by atoms with Crippen LogP contribution in [0.1, 0.15) is 52.2 Å². The lowest BCUT2D eigenvalue weighted by atomic mass is 9.94. The number of likely N-dealkylation sites (N-methyl/N-ethyl adjacent to an activating group) is 1. The Labute approximate surface area is 168 Å². The topological polar surface area (TPSA) is 62.9 Å². The summed E-state index contributed by atoms with van der Waals surface area (Å²) in [5, 5.41) is 3.30. The molecule has 1 aromatic heterocycles. The van der Waals surface area contributed by atoms with E-state index < -0.39 is 0 Å². The van der Waals surface area contributed by atoms with Crippen molar-refractivity contribution in [3.05, 3.63) is 17.8 Å². The summed E-state index contributed by atoms with van der Waals surface area (Å²) < 4.78 is 11.5. The molecule has 1 aromatic rings. The minimum absolute atomic E-state index is 0. The van der Waals surface area contributed by atoms with Crippen LogP contribution in [-0.4, -0.2) is 49.2 Å². The molecule has 0 atom stereocenters. The second-order valence-corrected chi connectivity index (χ2v) is 7.48. The zero-order chi connectivity index (χ0) is 17.6. The van der Waals surface area contributed by atoms with Gasteiger partial charge in [-0.15, -0.1) is 24.0 Å². The molecule has 0 aliphatic heterocycles. The summed E-state index contributed by atoms with van der Waals surface area (Å²) in [6.45, 7) is 12.1. The highest BCUT2D eigenvalue weighted by Gasteiger charge is 2.21. The van der Waals surface area contributed by atoms with Crippen LogP contribution in [-0.2, 0) is 16.7 Å². The van der Waals surface area contributed by atoms with Crippen molar-refractivity contribution in [2.24, 2.45) is 10.9 Å². The Balaban J connectivity index is 0.00000312. The number of hydrogen-bond acceptors (Lipinski definition) is 4. The zero-order valence-electron chi connectivity index (χ0n) is 16.2. The fourth-order valence-electron chi connectivity index (χ4n) is 2.18. The van der Waals surface area contributed by atoms with Crippen LogP contribution in [0, 0.1) is 5.92 Å².